The normalized spacial score (nSPS) is 18.2. The number of aliphatic carboxylic acids is 1. The summed E-state index contributed by atoms with van der Waals surface area (Å²) in [5.74, 6) is -7.14. The summed E-state index contributed by atoms with van der Waals surface area (Å²) < 4.78 is 0. The Balaban J connectivity index is 1.42. The fourth-order valence-corrected chi connectivity index (χ4v) is 8.34. The van der Waals surface area contributed by atoms with Crippen LogP contribution in [0.1, 0.15) is 89.4 Å². The lowest BCUT2D eigenvalue weighted by Gasteiger charge is -2.31. The number of hydrogen-bond donors (Lipinski definition) is 13. The molecule has 0 aliphatic carbocycles. The van der Waals surface area contributed by atoms with Crippen LogP contribution in [0.15, 0.2) is 25.0 Å². The molecule has 26 nitrogen and oxygen atoms in total. The fourth-order valence-electron chi connectivity index (χ4n) is 8.34. The molecule has 0 saturated carbocycles. The smallest absolute Gasteiger partial charge is 0.328 e. The molecule has 4 rings (SSSR count). The number of nitrogens with one attached hydrogen (secondary N) is 8. The Morgan fingerprint density at radius 3 is 1.73 bits per heavy atom. The van der Waals surface area contributed by atoms with E-state index in [1.807, 2.05) is 0 Å². The van der Waals surface area contributed by atoms with Gasteiger partial charge in [0.2, 0.25) is 47.3 Å². The van der Waals surface area contributed by atoms with E-state index >= 15 is 0 Å². The lowest BCUT2D eigenvalue weighted by atomic mass is 10.0. The van der Waals surface area contributed by atoms with Crippen molar-refractivity contribution in [2.75, 3.05) is 39.3 Å². The van der Waals surface area contributed by atoms with Gasteiger partial charge in [-0.2, -0.15) is 0 Å². The van der Waals surface area contributed by atoms with Gasteiger partial charge in [-0.15, -0.1) is 0 Å². The molecular weight excluding hydrogens is 915 g/mol. The maximum atomic E-state index is 14.4. The van der Waals surface area contributed by atoms with Gasteiger partial charge in [-0.3, -0.25) is 38.4 Å². The molecule has 388 valence electrons. The highest BCUT2D eigenvalue weighted by Gasteiger charge is 2.41. The van der Waals surface area contributed by atoms with Gasteiger partial charge in [-0.25, -0.2) is 14.8 Å². The number of nitrogens with zero attached hydrogens (tertiary/aromatic N) is 4. The molecule has 8 amide bonds. The average molecular weight is 986 g/mol. The Bertz CT molecular complexity index is 2050. The first kappa shape index (κ1) is 56.1. The van der Waals surface area contributed by atoms with Crippen LogP contribution in [0.25, 0.3) is 0 Å². The van der Waals surface area contributed by atoms with E-state index in [4.69, 9.17) is 17.2 Å². The predicted octanol–water partition coefficient (Wildman–Crippen LogP) is -4.24. The van der Waals surface area contributed by atoms with Gasteiger partial charge in [0.15, 0.2) is 0 Å². The number of aromatic nitrogens is 4. The van der Waals surface area contributed by atoms with Crippen molar-refractivity contribution in [2.45, 2.75) is 139 Å². The number of carboxylic acids is 1. The molecular formula is C44H71N15O11. The van der Waals surface area contributed by atoms with E-state index in [2.05, 4.69) is 51.8 Å². The number of aliphatic hydroxyl groups is 1. The van der Waals surface area contributed by atoms with Crippen LogP contribution in [0.3, 0.4) is 0 Å². The van der Waals surface area contributed by atoms with Crippen LogP contribution < -0.4 is 49.1 Å². The van der Waals surface area contributed by atoms with E-state index < -0.39 is 121 Å². The molecule has 26 heteroatoms. The highest BCUT2D eigenvalue weighted by Crippen LogP contribution is 2.21. The summed E-state index contributed by atoms with van der Waals surface area (Å²) in [6, 6.07) is -9.29. The second kappa shape index (κ2) is 28.2. The number of hydrogen-bond acceptors (Lipinski definition) is 15. The highest BCUT2D eigenvalue weighted by atomic mass is 16.4. The third kappa shape index (κ3) is 16.6. The predicted molar refractivity (Wildman–Crippen MR) is 250 cm³/mol. The van der Waals surface area contributed by atoms with Gasteiger partial charge in [-0.1, -0.05) is 13.8 Å². The molecule has 16 N–H and O–H groups in total. The summed E-state index contributed by atoms with van der Waals surface area (Å²) in [6.45, 7) is 2.99. The fraction of sp³-hybridized carbons (Fsp3) is 0.659. The number of aliphatic hydroxyl groups excluding tert-OH is 1. The number of carbonyl (C=O) groups excluding carboxylic acids is 8. The number of carbonyl (C=O) groups is 9. The summed E-state index contributed by atoms with van der Waals surface area (Å²) in [5.41, 5.74) is 18.6. The van der Waals surface area contributed by atoms with E-state index in [0.717, 1.165) is 0 Å². The zero-order valence-electron chi connectivity index (χ0n) is 39.8. The molecule has 2 saturated heterocycles. The van der Waals surface area contributed by atoms with Crippen molar-refractivity contribution in [1.82, 2.24) is 61.6 Å². The molecule has 2 fully saturated rings. The topological polar surface area (TPSA) is 408 Å². The van der Waals surface area contributed by atoms with Crippen LogP contribution in [0.4, 0.5) is 0 Å². The van der Waals surface area contributed by atoms with Crippen molar-refractivity contribution < 1.29 is 53.4 Å². The number of aromatic amines is 2. The first-order valence-corrected chi connectivity index (χ1v) is 23.8. The lowest BCUT2D eigenvalue weighted by molar-refractivity contribution is -0.144. The lowest BCUT2D eigenvalue weighted by Crippen LogP contribution is -2.60. The molecule has 0 spiro atoms. The first-order valence-electron chi connectivity index (χ1n) is 23.8. The molecule has 2 aromatic heterocycles. The second-order valence-corrected chi connectivity index (χ2v) is 17.9. The Kier molecular flexibility index (Phi) is 22.6. The van der Waals surface area contributed by atoms with Crippen LogP contribution in [0.2, 0.25) is 0 Å². The third-order valence-corrected chi connectivity index (χ3v) is 12.3. The van der Waals surface area contributed by atoms with Gasteiger partial charge in [-0.05, 0) is 83.2 Å². The van der Waals surface area contributed by atoms with Gasteiger partial charge in [0.25, 0.3) is 0 Å². The molecule has 8 atom stereocenters. The number of imidazole rings is 2. The molecule has 0 aromatic carbocycles. The average Bonchev–Trinajstić information content (AvgIpc) is 4.19. The van der Waals surface area contributed by atoms with Crippen LogP contribution >= 0.6 is 0 Å². The maximum absolute atomic E-state index is 14.4. The van der Waals surface area contributed by atoms with Gasteiger partial charge in [0.05, 0.1) is 31.8 Å². The number of amides is 8. The molecule has 2 aliphatic rings. The summed E-state index contributed by atoms with van der Waals surface area (Å²) in [7, 11) is 0. The quantitative estimate of drug-likeness (QED) is 0.0344. The highest BCUT2D eigenvalue weighted by molar-refractivity contribution is 5.98. The van der Waals surface area contributed by atoms with E-state index in [0.29, 0.717) is 63.0 Å². The molecule has 70 heavy (non-hydrogen) atoms. The zero-order chi connectivity index (χ0) is 51.3. The van der Waals surface area contributed by atoms with Crippen molar-refractivity contribution in [1.29, 1.82) is 0 Å². The van der Waals surface area contributed by atoms with Crippen molar-refractivity contribution in [3.63, 3.8) is 0 Å². The van der Waals surface area contributed by atoms with Crippen molar-refractivity contribution in [3.05, 3.63) is 36.4 Å². The second-order valence-electron chi connectivity index (χ2n) is 17.9. The number of nitrogens with two attached hydrogens (primary N) is 3. The third-order valence-electron chi connectivity index (χ3n) is 12.3. The van der Waals surface area contributed by atoms with E-state index in [9.17, 15) is 53.4 Å². The van der Waals surface area contributed by atoms with E-state index in [1.165, 1.54) is 34.8 Å². The van der Waals surface area contributed by atoms with E-state index in [1.54, 1.807) is 13.8 Å². The Labute approximate surface area is 405 Å². The van der Waals surface area contributed by atoms with Crippen LogP contribution in [0, 0.1) is 5.92 Å². The van der Waals surface area contributed by atoms with Gasteiger partial charge in [0.1, 0.15) is 42.3 Å². The SMILES string of the molecule is CC(C)[C@H](NC(=O)[C@@H](N)Cc1cnc[nH]1)C(=O)N[C@@H](Cc1cnc[nH]1)C(=O)N1CCC[C@H]1C(=O)N[C@@H](CCCCN)C(=O)NCC(=O)N1CCC[C@H]1C(=O)N[C@@H](CCCCN)C(=O)N[C@@H](CO)C(=O)O. The molecule has 2 aliphatic heterocycles. The standard InChI is InChI=1S/C44H71N15O11/c1-25(2)36(57-37(62)28(47)17-26-19-48-23-51-26)42(67)55-31(18-27-20-49-24-52-27)43(68)59-16-8-12-34(59)41(66)53-29(9-3-5-13-45)38(63)50-21-35(61)58-15-7-11-33(58)40(65)54-30(10-4-6-14-46)39(64)56-32(22-60)44(69)70/h19-20,23-25,28-34,36,60H,3-18,21-22,45-47H2,1-2H3,(H,48,51)(H,49,52)(H,50,63)(H,53,66)(H,54,65)(H,55,67)(H,56,64)(H,57,62)(H,69,70)/t28-,29-,30-,31-,32-,33-,34-,36-/m0/s1. The maximum Gasteiger partial charge on any atom is 0.328 e. The van der Waals surface area contributed by atoms with Crippen molar-refractivity contribution >= 4 is 53.2 Å². The Morgan fingerprint density at radius 2 is 1.21 bits per heavy atom. The molecule has 0 radical (unpaired) electrons. The van der Waals surface area contributed by atoms with Gasteiger partial charge < -0.3 is 79.1 Å². The number of H-pyrrole nitrogens is 2. The molecule has 0 unspecified atom stereocenters. The summed E-state index contributed by atoms with van der Waals surface area (Å²) in [5, 5.41) is 34.4. The van der Waals surface area contributed by atoms with Gasteiger partial charge in [0, 0.05) is 49.7 Å². The largest absolute Gasteiger partial charge is 0.480 e. The minimum atomic E-state index is -1.60. The summed E-state index contributed by atoms with van der Waals surface area (Å²) in [4.78, 5) is 137. The number of likely N-dealkylation sites (tertiary alicyclic amines) is 2. The van der Waals surface area contributed by atoms with E-state index in [-0.39, 0.29) is 51.6 Å². The Hall–Kier alpha value is -6.51. The number of carboxylic acid groups (broad SMARTS) is 1. The molecule has 2 aromatic rings. The number of rotatable bonds is 29. The monoisotopic (exact) mass is 986 g/mol. The summed E-state index contributed by atoms with van der Waals surface area (Å²) in [6.07, 6.45) is 9.48. The minimum Gasteiger partial charge on any atom is -0.480 e. The van der Waals surface area contributed by atoms with Crippen LogP contribution in [-0.4, -0.2) is 181 Å². The van der Waals surface area contributed by atoms with Crippen molar-refractivity contribution in [2.24, 2.45) is 23.1 Å². The van der Waals surface area contributed by atoms with Crippen LogP contribution in [-0.2, 0) is 56.0 Å². The zero-order valence-corrected chi connectivity index (χ0v) is 39.8. The first-order chi connectivity index (χ1) is 33.5. The molecule has 0 bridgehead atoms. The van der Waals surface area contributed by atoms with Gasteiger partial charge >= 0.3 is 5.97 Å². The van der Waals surface area contributed by atoms with Crippen LogP contribution in [0.5, 0.6) is 0 Å². The van der Waals surface area contributed by atoms with Crippen molar-refractivity contribution in [3.8, 4) is 0 Å². The number of unbranched alkanes of at least 4 members (excludes halogenated alkanes) is 2. The minimum absolute atomic E-state index is 0.0340. The molecule has 4 heterocycles. The Morgan fingerprint density at radius 1 is 0.686 bits per heavy atom. The summed E-state index contributed by atoms with van der Waals surface area (Å²) >= 11 is 0.